The molecule has 0 saturated heterocycles. The Balaban J connectivity index is 1.37. The number of amides is 2. The maximum atomic E-state index is 12.4. The highest BCUT2D eigenvalue weighted by atomic mass is 32.1. The van der Waals surface area contributed by atoms with E-state index in [0.717, 1.165) is 11.1 Å². The van der Waals surface area contributed by atoms with E-state index in [1.807, 2.05) is 35.7 Å². The van der Waals surface area contributed by atoms with Crippen LogP contribution in [0.3, 0.4) is 0 Å². The Labute approximate surface area is 163 Å². The molecule has 1 aliphatic rings. The van der Waals surface area contributed by atoms with Gasteiger partial charge in [0, 0.05) is 11.8 Å². The quantitative estimate of drug-likeness (QED) is 0.615. The number of anilines is 1. The minimum atomic E-state index is -0.623. The molecule has 0 fully saturated rings. The van der Waals surface area contributed by atoms with Crippen LogP contribution in [-0.2, 0) is 17.6 Å². The highest BCUT2D eigenvalue weighted by Crippen LogP contribution is 2.31. The van der Waals surface area contributed by atoms with Crippen LogP contribution in [0, 0.1) is 0 Å². The minimum absolute atomic E-state index is 0.0940. The first-order valence-corrected chi connectivity index (χ1v) is 10.2. The molecule has 1 aliphatic carbocycles. The van der Waals surface area contributed by atoms with Gasteiger partial charge in [-0.05, 0) is 22.6 Å². The van der Waals surface area contributed by atoms with E-state index in [1.165, 1.54) is 22.7 Å². The van der Waals surface area contributed by atoms with E-state index >= 15 is 0 Å². The predicted molar refractivity (Wildman–Crippen MR) is 105 cm³/mol. The van der Waals surface area contributed by atoms with Crippen molar-refractivity contribution in [3.8, 4) is 0 Å². The molecule has 0 aliphatic heterocycles. The third kappa shape index (κ3) is 3.92. The summed E-state index contributed by atoms with van der Waals surface area (Å²) in [5, 5.41) is 19.9. The Morgan fingerprint density at radius 1 is 1.19 bits per heavy atom. The lowest BCUT2D eigenvalue weighted by molar-refractivity contribution is -0.122. The fraction of sp³-hybridized carbons (Fsp3) is 0.211. The average molecular weight is 399 g/mol. The summed E-state index contributed by atoms with van der Waals surface area (Å²) in [5.74, 6) is -0.418. The zero-order valence-electron chi connectivity index (χ0n) is 14.2. The molecule has 1 aromatic carbocycles. The number of thiazole rings is 1. The molecule has 2 aromatic heterocycles. The van der Waals surface area contributed by atoms with Crippen LogP contribution in [0.15, 0.2) is 47.2 Å². The van der Waals surface area contributed by atoms with Crippen molar-refractivity contribution in [2.75, 3.05) is 5.32 Å². The van der Waals surface area contributed by atoms with Crippen molar-refractivity contribution in [3.05, 3.63) is 68.9 Å². The second kappa shape index (κ2) is 7.59. The second-order valence-corrected chi connectivity index (χ2v) is 8.07. The molecule has 6 nitrogen and oxygen atoms in total. The first kappa shape index (κ1) is 17.8. The number of carbonyl (C=O) groups is 2. The second-order valence-electron chi connectivity index (χ2n) is 6.27. The lowest BCUT2D eigenvalue weighted by atomic mass is 10.1. The lowest BCUT2D eigenvalue weighted by Gasteiger charge is -2.17. The van der Waals surface area contributed by atoms with Crippen LogP contribution in [0.4, 0.5) is 5.13 Å². The number of aromatic nitrogens is 1. The smallest absolute Gasteiger partial charge is 0.267 e. The van der Waals surface area contributed by atoms with Crippen molar-refractivity contribution in [2.24, 2.45) is 0 Å². The molecule has 2 amide bonds. The molecule has 27 heavy (non-hydrogen) atoms. The summed E-state index contributed by atoms with van der Waals surface area (Å²) >= 11 is 2.64. The van der Waals surface area contributed by atoms with Gasteiger partial charge in [-0.3, -0.25) is 14.9 Å². The molecule has 0 radical (unpaired) electrons. The fourth-order valence-corrected chi connectivity index (χ4v) is 4.47. The van der Waals surface area contributed by atoms with Gasteiger partial charge in [-0.1, -0.05) is 30.3 Å². The van der Waals surface area contributed by atoms with Gasteiger partial charge in [-0.25, -0.2) is 4.98 Å². The molecule has 8 heteroatoms. The van der Waals surface area contributed by atoms with Gasteiger partial charge in [0.25, 0.3) is 5.91 Å². The number of thiophene rings is 1. The number of carbonyl (C=O) groups excluding carboxylic acids is 2. The molecule has 3 aromatic rings. The number of benzene rings is 1. The Morgan fingerprint density at radius 2 is 2.04 bits per heavy atom. The summed E-state index contributed by atoms with van der Waals surface area (Å²) in [5.41, 5.74) is 2.60. The van der Waals surface area contributed by atoms with Gasteiger partial charge in [-0.2, -0.15) is 0 Å². The first-order valence-electron chi connectivity index (χ1n) is 8.44. The topological polar surface area (TPSA) is 91.3 Å². The molecule has 2 unspecified atom stereocenters. The third-order valence-electron chi connectivity index (χ3n) is 4.38. The fourth-order valence-electron chi connectivity index (χ4n) is 3.15. The van der Waals surface area contributed by atoms with Crippen LogP contribution in [-0.4, -0.2) is 28.0 Å². The van der Waals surface area contributed by atoms with Crippen LogP contribution in [0.25, 0.3) is 0 Å². The Bertz CT molecular complexity index is 968. The molecular formula is C19H17N3O3S2. The lowest BCUT2D eigenvalue weighted by Crippen LogP contribution is -2.34. The molecule has 0 spiro atoms. The zero-order chi connectivity index (χ0) is 18.8. The summed E-state index contributed by atoms with van der Waals surface area (Å²) in [4.78, 5) is 29.4. The maximum absolute atomic E-state index is 12.4. The number of aliphatic hydroxyl groups is 1. The highest BCUT2D eigenvalue weighted by molar-refractivity contribution is 7.14. The van der Waals surface area contributed by atoms with E-state index < -0.39 is 12.1 Å². The molecular weight excluding hydrogens is 382 g/mol. The van der Waals surface area contributed by atoms with E-state index in [4.69, 9.17) is 0 Å². The number of nitrogens with one attached hydrogen (secondary N) is 2. The van der Waals surface area contributed by atoms with Crippen molar-refractivity contribution in [2.45, 2.75) is 25.0 Å². The van der Waals surface area contributed by atoms with Gasteiger partial charge < -0.3 is 10.4 Å². The van der Waals surface area contributed by atoms with Crippen LogP contribution in [0.1, 0.15) is 32.5 Å². The molecule has 3 N–H and O–H groups in total. The van der Waals surface area contributed by atoms with Crippen molar-refractivity contribution >= 4 is 39.6 Å². The Morgan fingerprint density at radius 3 is 2.85 bits per heavy atom. The molecule has 0 bridgehead atoms. The average Bonchev–Trinajstić information content (AvgIpc) is 3.37. The minimum Gasteiger partial charge on any atom is -0.390 e. The van der Waals surface area contributed by atoms with Crippen molar-refractivity contribution in [3.63, 3.8) is 0 Å². The van der Waals surface area contributed by atoms with Gasteiger partial charge in [0.15, 0.2) is 5.13 Å². The number of aliphatic hydroxyl groups excluding tert-OH is 1. The third-order valence-corrected chi connectivity index (χ3v) is 6.05. The predicted octanol–water partition coefficient (Wildman–Crippen LogP) is 2.77. The van der Waals surface area contributed by atoms with Crippen LogP contribution < -0.4 is 10.6 Å². The SMILES string of the molecule is O=C(Cc1csc(NC(=O)c2cccs2)n1)NC1c2ccccc2CC1O. The standard InChI is InChI=1S/C19H17N3O3S2/c23-14-8-11-4-1-2-5-13(11)17(14)21-16(24)9-12-10-27-19(20-12)22-18(25)15-6-3-7-26-15/h1-7,10,14,17,23H,8-9H2,(H,21,24)(H,20,22,25). The highest BCUT2D eigenvalue weighted by Gasteiger charge is 2.31. The number of rotatable bonds is 5. The van der Waals surface area contributed by atoms with Gasteiger partial charge in [0.1, 0.15) is 0 Å². The van der Waals surface area contributed by atoms with Gasteiger partial charge in [0.05, 0.1) is 29.1 Å². The molecule has 138 valence electrons. The van der Waals surface area contributed by atoms with E-state index in [1.54, 1.807) is 11.4 Å². The van der Waals surface area contributed by atoms with Crippen LogP contribution in [0.5, 0.6) is 0 Å². The van der Waals surface area contributed by atoms with E-state index in [0.29, 0.717) is 22.1 Å². The monoisotopic (exact) mass is 399 g/mol. The molecule has 2 atom stereocenters. The van der Waals surface area contributed by atoms with Gasteiger partial charge >= 0.3 is 0 Å². The summed E-state index contributed by atoms with van der Waals surface area (Å²) in [7, 11) is 0. The van der Waals surface area contributed by atoms with Gasteiger partial charge in [-0.15, -0.1) is 22.7 Å². The van der Waals surface area contributed by atoms with Crippen LogP contribution in [0.2, 0.25) is 0 Å². The largest absolute Gasteiger partial charge is 0.390 e. The summed E-state index contributed by atoms with van der Waals surface area (Å²) in [6, 6.07) is 10.9. The summed E-state index contributed by atoms with van der Waals surface area (Å²) in [6.45, 7) is 0. The summed E-state index contributed by atoms with van der Waals surface area (Å²) < 4.78 is 0. The summed E-state index contributed by atoms with van der Waals surface area (Å²) in [6.07, 6.45) is 0.00967. The van der Waals surface area contributed by atoms with Crippen LogP contribution >= 0.6 is 22.7 Å². The zero-order valence-corrected chi connectivity index (χ0v) is 15.8. The first-order chi connectivity index (χ1) is 13.1. The number of hydrogen-bond donors (Lipinski definition) is 3. The Kier molecular flexibility index (Phi) is 5.02. The van der Waals surface area contributed by atoms with Crippen molar-refractivity contribution in [1.29, 1.82) is 0 Å². The Hall–Kier alpha value is -2.55. The van der Waals surface area contributed by atoms with E-state index in [-0.39, 0.29) is 18.2 Å². The maximum Gasteiger partial charge on any atom is 0.267 e. The van der Waals surface area contributed by atoms with Crippen molar-refractivity contribution in [1.82, 2.24) is 10.3 Å². The molecule has 4 rings (SSSR count). The van der Waals surface area contributed by atoms with Gasteiger partial charge in [0.2, 0.25) is 5.91 Å². The number of fused-ring (bicyclic) bond motifs is 1. The van der Waals surface area contributed by atoms with Crippen molar-refractivity contribution < 1.29 is 14.7 Å². The molecule has 0 saturated carbocycles. The van der Waals surface area contributed by atoms with E-state index in [2.05, 4.69) is 15.6 Å². The normalized spacial score (nSPS) is 18.1. The van der Waals surface area contributed by atoms with E-state index in [9.17, 15) is 14.7 Å². The number of nitrogens with zero attached hydrogens (tertiary/aromatic N) is 1. The molecule has 2 heterocycles. The number of hydrogen-bond acceptors (Lipinski definition) is 6.